The van der Waals surface area contributed by atoms with Crippen molar-refractivity contribution >= 4 is 17.4 Å². The highest BCUT2D eigenvalue weighted by Crippen LogP contribution is 2.40. The Labute approximate surface area is 139 Å². The van der Waals surface area contributed by atoms with Gasteiger partial charge in [-0.05, 0) is 31.4 Å². The molecular weight excluding hydrogens is 306 g/mol. The van der Waals surface area contributed by atoms with E-state index in [1.807, 2.05) is 18.3 Å². The van der Waals surface area contributed by atoms with Crippen LogP contribution in [0.1, 0.15) is 35.8 Å². The maximum Gasteiger partial charge on any atom is 0.191 e. The van der Waals surface area contributed by atoms with E-state index >= 15 is 0 Å². The predicted molar refractivity (Wildman–Crippen MR) is 91.7 cm³/mol. The highest BCUT2D eigenvalue weighted by Gasteiger charge is 2.30. The fraction of sp³-hybridized carbons (Fsp3) is 0.353. The second kappa shape index (κ2) is 5.85. The number of hydrogen-bond donors (Lipinski definition) is 0. The summed E-state index contributed by atoms with van der Waals surface area (Å²) in [6, 6.07) is 4.13. The third kappa shape index (κ3) is 2.79. The minimum atomic E-state index is 0.592. The lowest BCUT2D eigenvalue weighted by molar-refractivity contribution is 0.681. The minimum Gasteiger partial charge on any atom is -0.307 e. The van der Waals surface area contributed by atoms with Gasteiger partial charge in [-0.15, -0.1) is 16.8 Å². The molecule has 0 spiro atoms. The second-order valence-corrected chi connectivity index (χ2v) is 6.90. The van der Waals surface area contributed by atoms with Gasteiger partial charge in [-0.2, -0.15) is 0 Å². The molecule has 0 bridgehead atoms. The van der Waals surface area contributed by atoms with Gasteiger partial charge in [-0.3, -0.25) is 0 Å². The summed E-state index contributed by atoms with van der Waals surface area (Å²) in [6.07, 6.45) is 8.49. The first kappa shape index (κ1) is 14.5. The van der Waals surface area contributed by atoms with Gasteiger partial charge in [-0.25, -0.2) is 4.98 Å². The van der Waals surface area contributed by atoms with Gasteiger partial charge in [-0.1, -0.05) is 23.9 Å². The molecule has 118 valence electrons. The molecule has 1 aliphatic carbocycles. The zero-order valence-corrected chi connectivity index (χ0v) is 14.0. The molecule has 0 amide bonds. The molecule has 1 fully saturated rings. The van der Waals surface area contributed by atoms with Crippen molar-refractivity contribution in [3.8, 4) is 0 Å². The maximum absolute atomic E-state index is 4.72. The van der Waals surface area contributed by atoms with Crippen LogP contribution in [0, 0.1) is 6.92 Å². The minimum absolute atomic E-state index is 0.592. The molecule has 23 heavy (non-hydrogen) atoms. The van der Waals surface area contributed by atoms with Gasteiger partial charge >= 0.3 is 0 Å². The molecule has 1 saturated carbocycles. The summed E-state index contributed by atoms with van der Waals surface area (Å²) in [5, 5.41) is 9.72. The third-order valence-corrected chi connectivity index (χ3v) is 5.08. The number of thioether (sulfide) groups is 1. The number of nitrogens with zero attached hydrogens (tertiary/aromatic N) is 5. The average Bonchev–Trinajstić information content (AvgIpc) is 3.17. The average molecular weight is 325 g/mol. The maximum atomic E-state index is 4.72. The fourth-order valence-corrected chi connectivity index (χ4v) is 3.60. The van der Waals surface area contributed by atoms with Gasteiger partial charge in [0.25, 0.3) is 0 Å². The van der Waals surface area contributed by atoms with Crippen molar-refractivity contribution in [1.29, 1.82) is 0 Å². The summed E-state index contributed by atoms with van der Waals surface area (Å²) in [7, 11) is 0. The molecule has 0 saturated heterocycles. The van der Waals surface area contributed by atoms with Crippen LogP contribution in [0.5, 0.6) is 0 Å². The van der Waals surface area contributed by atoms with E-state index in [0.29, 0.717) is 5.92 Å². The van der Waals surface area contributed by atoms with Crippen LogP contribution in [-0.2, 0) is 12.3 Å². The van der Waals surface area contributed by atoms with Crippen molar-refractivity contribution in [2.75, 3.05) is 0 Å². The van der Waals surface area contributed by atoms with Crippen LogP contribution in [0.2, 0.25) is 0 Å². The summed E-state index contributed by atoms with van der Waals surface area (Å²) in [6.45, 7) is 6.71. The summed E-state index contributed by atoms with van der Waals surface area (Å²) in [5.74, 6) is 2.49. The van der Waals surface area contributed by atoms with Crippen molar-refractivity contribution in [2.45, 2.75) is 43.1 Å². The summed E-state index contributed by atoms with van der Waals surface area (Å²) < 4.78 is 4.27. The first-order valence-corrected chi connectivity index (χ1v) is 8.85. The lowest BCUT2D eigenvalue weighted by atomic mass is 10.3. The Hall–Kier alpha value is -2.08. The van der Waals surface area contributed by atoms with Crippen LogP contribution in [0.25, 0.3) is 5.65 Å². The van der Waals surface area contributed by atoms with Crippen LogP contribution in [0.4, 0.5) is 0 Å². The van der Waals surface area contributed by atoms with Crippen LogP contribution in [0.15, 0.2) is 42.3 Å². The van der Waals surface area contributed by atoms with E-state index < -0.39 is 0 Å². The molecule has 4 rings (SSSR count). The van der Waals surface area contributed by atoms with Crippen LogP contribution >= 0.6 is 11.8 Å². The van der Waals surface area contributed by atoms with Gasteiger partial charge in [0.1, 0.15) is 11.5 Å². The number of aromatic nitrogens is 5. The number of pyridine rings is 1. The van der Waals surface area contributed by atoms with E-state index in [9.17, 15) is 0 Å². The van der Waals surface area contributed by atoms with Crippen molar-refractivity contribution < 1.29 is 0 Å². The smallest absolute Gasteiger partial charge is 0.191 e. The first-order valence-electron chi connectivity index (χ1n) is 7.86. The van der Waals surface area contributed by atoms with Crippen molar-refractivity contribution in [1.82, 2.24) is 24.1 Å². The van der Waals surface area contributed by atoms with Crippen molar-refractivity contribution in [3.05, 3.63) is 54.3 Å². The molecular formula is C17H19N5S. The molecule has 0 N–H and O–H groups in total. The number of hydrogen-bond acceptors (Lipinski definition) is 4. The van der Waals surface area contributed by atoms with Gasteiger partial charge in [0, 0.05) is 30.6 Å². The predicted octanol–water partition coefficient (Wildman–Crippen LogP) is 3.59. The lowest BCUT2D eigenvalue weighted by Gasteiger charge is -2.05. The van der Waals surface area contributed by atoms with Crippen LogP contribution in [0.3, 0.4) is 0 Å². The van der Waals surface area contributed by atoms with E-state index in [4.69, 9.17) is 4.98 Å². The van der Waals surface area contributed by atoms with E-state index in [2.05, 4.69) is 44.9 Å². The molecule has 6 heteroatoms. The number of fused-ring (bicyclic) bond motifs is 1. The zero-order valence-electron chi connectivity index (χ0n) is 13.1. The SMILES string of the molecule is C=CCn1c(SCc2cn3cccc(C)c3n2)nnc1C1CC1. The highest BCUT2D eigenvalue weighted by atomic mass is 32.2. The molecule has 0 aromatic carbocycles. The summed E-state index contributed by atoms with van der Waals surface area (Å²) in [5.41, 5.74) is 3.27. The zero-order chi connectivity index (χ0) is 15.8. The normalized spacial score (nSPS) is 14.5. The number of allylic oxidation sites excluding steroid dienone is 1. The molecule has 0 atom stereocenters. The Morgan fingerprint density at radius 3 is 3.00 bits per heavy atom. The molecule has 1 aliphatic rings. The van der Waals surface area contributed by atoms with Gasteiger partial charge in [0.05, 0.1) is 5.69 Å². The second-order valence-electron chi connectivity index (χ2n) is 5.96. The molecule has 3 heterocycles. The number of imidazole rings is 1. The molecule has 0 radical (unpaired) electrons. The van der Waals surface area contributed by atoms with Crippen molar-refractivity contribution in [3.63, 3.8) is 0 Å². The molecule has 5 nitrogen and oxygen atoms in total. The molecule has 0 aliphatic heterocycles. The Balaban J connectivity index is 1.56. The van der Waals surface area contributed by atoms with E-state index in [0.717, 1.165) is 34.6 Å². The van der Waals surface area contributed by atoms with Gasteiger partial charge in [0.2, 0.25) is 0 Å². The molecule has 3 aromatic heterocycles. The third-order valence-electron chi connectivity index (χ3n) is 4.08. The quantitative estimate of drug-likeness (QED) is 0.513. The Morgan fingerprint density at radius 2 is 2.26 bits per heavy atom. The van der Waals surface area contributed by atoms with E-state index in [-0.39, 0.29) is 0 Å². The van der Waals surface area contributed by atoms with E-state index in [1.165, 1.54) is 18.4 Å². The Morgan fingerprint density at radius 1 is 1.39 bits per heavy atom. The van der Waals surface area contributed by atoms with Gasteiger partial charge < -0.3 is 8.97 Å². The topological polar surface area (TPSA) is 48.0 Å². The fourth-order valence-electron chi connectivity index (χ4n) is 2.76. The first-order chi connectivity index (χ1) is 11.3. The standard InChI is InChI=1S/C17H19N5S/c1-3-8-22-16(13-6-7-13)19-20-17(22)23-11-14-10-21-9-4-5-12(2)15(21)18-14/h3-5,9-10,13H,1,6-8,11H2,2H3. The largest absolute Gasteiger partial charge is 0.307 e. The van der Waals surface area contributed by atoms with Crippen LogP contribution < -0.4 is 0 Å². The summed E-state index contributed by atoms with van der Waals surface area (Å²) >= 11 is 1.69. The lowest BCUT2D eigenvalue weighted by Crippen LogP contribution is -2.02. The number of aryl methyl sites for hydroxylation is 1. The summed E-state index contributed by atoms with van der Waals surface area (Å²) in [4.78, 5) is 4.72. The highest BCUT2D eigenvalue weighted by molar-refractivity contribution is 7.98. The van der Waals surface area contributed by atoms with Crippen LogP contribution in [-0.4, -0.2) is 24.1 Å². The van der Waals surface area contributed by atoms with E-state index in [1.54, 1.807) is 11.8 Å². The van der Waals surface area contributed by atoms with Crippen molar-refractivity contribution in [2.24, 2.45) is 0 Å². The Kier molecular flexibility index (Phi) is 3.69. The Bertz CT molecular complexity index is 859. The van der Waals surface area contributed by atoms with Gasteiger partial charge in [0.15, 0.2) is 5.16 Å². The monoisotopic (exact) mass is 325 g/mol. The molecule has 0 unspecified atom stereocenters. The number of rotatable bonds is 6. The molecule has 3 aromatic rings.